The SMILES string of the molecule is C#CCNC(=O)CSc1ccc(N)c(F)c1. The number of amides is 1. The van der Waals surface area contributed by atoms with Crippen molar-refractivity contribution in [3.63, 3.8) is 0 Å². The van der Waals surface area contributed by atoms with Crippen molar-refractivity contribution in [2.24, 2.45) is 0 Å². The van der Waals surface area contributed by atoms with Crippen LogP contribution in [-0.2, 0) is 4.79 Å². The molecule has 0 aliphatic rings. The number of anilines is 1. The minimum Gasteiger partial charge on any atom is -0.396 e. The van der Waals surface area contributed by atoms with Gasteiger partial charge in [-0.2, -0.15) is 0 Å². The van der Waals surface area contributed by atoms with Gasteiger partial charge >= 0.3 is 0 Å². The lowest BCUT2D eigenvalue weighted by Gasteiger charge is -2.03. The molecule has 84 valence electrons. The Morgan fingerprint density at radius 3 is 3.00 bits per heavy atom. The fraction of sp³-hybridized carbons (Fsp3) is 0.182. The molecule has 1 rings (SSSR count). The van der Waals surface area contributed by atoms with Crippen LogP contribution < -0.4 is 11.1 Å². The number of terminal acetylenes is 1. The normalized spacial score (nSPS) is 9.50. The van der Waals surface area contributed by atoms with Gasteiger partial charge in [0.05, 0.1) is 18.0 Å². The number of nitrogen functional groups attached to an aromatic ring is 1. The van der Waals surface area contributed by atoms with E-state index in [1.165, 1.54) is 23.9 Å². The van der Waals surface area contributed by atoms with E-state index < -0.39 is 5.82 Å². The van der Waals surface area contributed by atoms with Crippen LogP contribution >= 0.6 is 11.8 Å². The van der Waals surface area contributed by atoms with Crippen LogP contribution in [0.5, 0.6) is 0 Å². The number of rotatable bonds is 4. The third-order valence-corrected chi connectivity index (χ3v) is 2.72. The first-order valence-corrected chi connectivity index (χ1v) is 5.50. The van der Waals surface area contributed by atoms with Crippen molar-refractivity contribution in [2.45, 2.75) is 4.90 Å². The predicted molar refractivity (Wildman–Crippen MR) is 63.4 cm³/mol. The Bertz CT molecular complexity index is 428. The van der Waals surface area contributed by atoms with Crippen molar-refractivity contribution in [1.82, 2.24) is 5.32 Å². The van der Waals surface area contributed by atoms with Crippen LogP contribution in [0.2, 0.25) is 0 Å². The van der Waals surface area contributed by atoms with Crippen LogP contribution in [0.25, 0.3) is 0 Å². The van der Waals surface area contributed by atoms with Crippen LogP contribution in [0.3, 0.4) is 0 Å². The Balaban J connectivity index is 2.46. The van der Waals surface area contributed by atoms with E-state index in [9.17, 15) is 9.18 Å². The lowest BCUT2D eigenvalue weighted by molar-refractivity contribution is -0.118. The van der Waals surface area contributed by atoms with Crippen LogP contribution in [-0.4, -0.2) is 18.2 Å². The number of nitrogens with two attached hydrogens (primary N) is 1. The van der Waals surface area contributed by atoms with Crippen molar-refractivity contribution in [3.05, 3.63) is 24.0 Å². The molecule has 0 unspecified atom stereocenters. The van der Waals surface area contributed by atoms with Crippen LogP contribution in [0.15, 0.2) is 23.1 Å². The van der Waals surface area contributed by atoms with E-state index >= 15 is 0 Å². The van der Waals surface area contributed by atoms with E-state index in [-0.39, 0.29) is 23.9 Å². The molecule has 0 atom stereocenters. The maximum absolute atomic E-state index is 13.0. The maximum Gasteiger partial charge on any atom is 0.231 e. The molecule has 16 heavy (non-hydrogen) atoms. The van der Waals surface area contributed by atoms with Crippen molar-refractivity contribution in [1.29, 1.82) is 0 Å². The molecule has 0 aliphatic carbocycles. The smallest absolute Gasteiger partial charge is 0.231 e. The zero-order valence-electron chi connectivity index (χ0n) is 8.50. The van der Waals surface area contributed by atoms with E-state index in [0.29, 0.717) is 4.90 Å². The molecular weight excluding hydrogens is 227 g/mol. The average Bonchev–Trinajstić information content (AvgIpc) is 2.28. The maximum atomic E-state index is 13.0. The lowest BCUT2D eigenvalue weighted by Crippen LogP contribution is -2.25. The Labute approximate surface area is 97.6 Å². The molecule has 5 heteroatoms. The topological polar surface area (TPSA) is 55.1 Å². The van der Waals surface area contributed by atoms with Gasteiger partial charge in [0.15, 0.2) is 0 Å². The highest BCUT2D eigenvalue weighted by molar-refractivity contribution is 8.00. The first kappa shape index (κ1) is 12.4. The summed E-state index contributed by atoms with van der Waals surface area (Å²) in [4.78, 5) is 11.8. The standard InChI is InChI=1S/C11H11FN2OS/c1-2-5-14-11(15)7-16-8-3-4-10(13)9(12)6-8/h1,3-4,6H,5,7,13H2,(H,14,15). The Kier molecular flexibility index (Phi) is 4.67. The molecule has 0 saturated heterocycles. The van der Waals surface area contributed by atoms with Crippen LogP contribution in [0.4, 0.5) is 10.1 Å². The van der Waals surface area contributed by atoms with Gasteiger partial charge in [-0.3, -0.25) is 4.79 Å². The number of hydrogen-bond donors (Lipinski definition) is 2. The molecule has 0 saturated carbocycles. The van der Waals surface area contributed by atoms with Gasteiger partial charge in [0.1, 0.15) is 5.82 Å². The fourth-order valence-electron chi connectivity index (χ4n) is 0.947. The predicted octanol–water partition coefficient (Wildman–Crippen LogP) is 1.25. The van der Waals surface area contributed by atoms with Gasteiger partial charge in [0, 0.05) is 4.90 Å². The Morgan fingerprint density at radius 2 is 2.38 bits per heavy atom. The number of halogens is 1. The van der Waals surface area contributed by atoms with Crippen molar-refractivity contribution >= 4 is 23.4 Å². The molecule has 3 N–H and O–H groups in total. The Hall–Kier alpha value is -1.67. The van der Waals surface area contributed by atoms with Crippen molar-refractivity contribution < 1.29 is 9.18 Å². The number of carbonyl (C=O) groups excluding carboxylic acids is 1. The van der Waals surface area contributed by atoms with E-state index in [1.54, 1.807) is 6.07 Å². The molecule has 0 heterocycles. The van der Waals surface area contributed by atoms with Gasteiger partial charge in [-0.25, -0.2) is 4.39 Å². The minimum atomic E-state index is -0.478. The van der Waals surface area contributed by atoms with Gasteiger partial charge in [0.25, 0.3) is 0 Å². The number of benzene rings is 1. The summed E-state index contributed by atoms with van der Waals surface area (Å²) in [5.74, 6) is 1.84. The highest BCUT2D eigenvalue weighted by Gasteiger charge is 2.04. The van der Waals surface area contributed by atoms with Crippen molar-refractivity contribution in [2.75, 3.05) is 18.0 Å². The largest absolute Gasteiger partial charge is 0.396 e. The minimum absolute atomic E-state index is 0.0983. The third kappa shape index (κ3) is 3.83. The monoisotopic (exact) mass is 238 g/mol. The van der Waals surface area contributed by atoms with Gasteiger partial charge < -0.3 is 11.1 Å². The summed E-state index contributed by atoms with van der Waals surface area (Å²) in [5.41, 5.74) is 5.42. The average molecular weight is 238 g/mol. The number of carbonyl (C=O) groups is 1. The second kappa shape index (κ2) is 6.03. The second-order valence-electron chi connectivity index (χ2n) is 2.95. The molecule has 3 nitrogen and oxygen atoms in total. The first-order chi connectivity index (χ1) is 7.63. The molecule has 0 aromatic heterocycles. The van der Waals surface area contributed by atoms with Gasteiger partial charge in [-0.1, -0.05) is 5.92 Å². The summed E-state index contributed by atoms with van der Waals surface area (Å²) < 4.78 is 13.0. The summed E-state index contributed by atoms with van der Waals surface area (Å²) >= 11 is 1.23. The quantitative estimate of drug-likeness (QED) is 0.471. The second-order valence-corrected chi connectivity index (χ2v) is 4.00. The van der Waals surface area contributed by atoms with Gasteiger partial charge in [-0.15, -0.1) is 18.2 Å². The molecule has 0 radical (unpaired) electrons. The highest BCUT2D eigenvalue weighted by atomic mass is 32.2. The Morgan fingerprint density at radius 1 is 1.62 bits per heavy atom. The zero-order valence-corrected chi connectivity index (χ0v) is 9.31. The van der Waals surface area contributed by atoms with Crippen LogP contribution in [0.1, 0.15) is 0 Å². The molecule has 0 spiro atoms. The molecule has 1 aromatic carbocycles. The number of nitrogens with one attached hydrogen (secondary N) is 1. The van der Waals surface area contributed by atoms with Crippen LogP contribution in [0, 0.1) is 18.2 Å². The van der Waals surface area contributed by atoms with E-state index in [4.69, 9.17) is 12.2 Å². The summed E-state index contributed by atoms with van der Waals surface area (Å²) in [6.07, 6.45) is 4.99. The van der Waals surface area contributed by atoms with Gasteiger partial charge in [0.2, 0.25) is 5.91 Å². The highest BCUT2D eigenvalue weighted by Crippen LogP contribution is 2.21. The molecule has 0 fully saturated rings. The summed E-state index contributed by atoms with van der Waals surface area (Å²) in [6, 6.07) is 4.43. The lowest BCUT2D eigenvalue weighted by atomic mass is 10.3. The number of thioether (sulfide) groups is 1. The first-order valence-electron chi connectivity index (χ1n) is 4.51. The van der Waals surface area contributed by atoms with E-state index in [1.807, 2.05) is 0 Å². The van der Waals surface area contributed by atoms with Crippen molar-refractivity contribution in [3.8, 4) is 12.3 Å². The summed E-state index contributed by atoms with van der Waals surface area (Å²) in [5, 5.41) is 2.51. The summed E-state index contributed by atoms with van der Waals surface area (Å²) in [6.45, 7) is 0.204. The van der Waals surface area contributed by atoms with Gasteiger partial charge in [-0.05, 0) is 18.2 Å². The molecular formula is C11H11FN2OS. The number of hydrogen-bond acceptors (Lipinski definition) is 3. The summed E-state index contributed by atoms with van der Waals surface area (Å²) in [7, 11) is 0. The third-order valence-electron chi connectivity index (χ3n) is 1.73. The molecule has 0 aliphatic heterocycles. The molecule has 1 aromatic rings. The zero-order chi connectivity index (χ0) is 12.0. The van der Waals surface area contributed by atoms with E-state index in [2.05, 4.69) is 11.2 Å². The van der Waals surface area contributed by atoms with E-state index in [0.717, 1.165) is 0 Å². The molecule has 1 amide bonds. The fourth-order valence-corrected chi connectivity index (χ4v) is 1.70. The molecule has 0 bridgehead atoms.